The topological polar surface area (TPSA) is 55.8 Å². The first-order valence-corrected chi connectivity index (χ1v) is 6.08. The first-order valence-electron chi connectivity index (χ1n) is 4.84. The highest BCUT2D eigenvalue weighted by Crippen LogP contribution is 2.12. The Morgan fingerprint density at radius 1 is 1.44 bits per heavy atom. The molecular formula is C11H17IO4. The van der Waals surface area contributed by atoms with Gasteiger partial charge in [-0.05, 0) is 16.6 Å². The second kappa shape index (κ2) is 8.58. The summed E-state index contributed by atoms with van der Waals surface area (Å²) in [5, 5.41) is 9.74. The van der Waals surface area contributed by atoms with Crippen molar-refractivity contribution in [1.82, 2.24) is 0 Å². The van der Waals surface area contributed by atoms with Gasteiger partial charge in [0.1, 0.15) is 0 Å². The number of halogens is 1. The molecule has 0 aliphatic rings. The Labute approximate surface area is 109 Å². The molecule has 0 heterocycles. The minimum absolute atomic E-state index is 0.0314. The van der Waals surface area contributed by atoms with Gasteiger partial charge in [-0.15, -0.1) is 0 Å². The fourth-order valence-electron chi connectivity index (χ4n) is 1.04. The summed E-state index contributed by atoms with van der Waals surface area (Å²) in [6.07, 6.45) is 3.24. The van der Waals surface area contributed by atoms with E-state index in [0.717, 1.165) is 0 Å². The van der Waals surface area contributed by atoms with Gasteiger partial charge in [-0.3, -0.25) is 0 Å². The molecule has 92 valence electrons. The van der Waals surface area contributed by atoms with Crippen molar-refractivity contribution in [1.29, 1.82) is 0 Å². The third kappa shape index (κ3) is 5.50. The van der Waals surface area contributed by atoms with E-state index in [1.165, 1.54) is 20.3 Å². The summed E-state index contributed by atoms with van der Waals surface area (Å²) in [5.41, 5.74) is 0. The number of esters is 1. The van der Waals surface area contributed by atoms with Crippen molar-refractivity contribution < 1.29 is 19.4 Å². The van der Waals surface area contributed by atoms with Crippen molar-refractivity contribution in [2.75, 3.05) is 14.2 Å². The Kier molecular flexibility index (Phi) is 8.28. The maximum Gasteiger partial charge on any atom is 0.372 e. The first-order chi connectivity index (χ1) is 7.56. The standard InChI is InChI=1S/C11H17IO4/c1-8(6-7-12)9(13)4-5-10(15-2)11(14)16-3/h5-9,13H,4H2,1-3H3/b7-6-,10-5+/t8-,9-/m0/s1. The summed E-state index contributed by atoms with van der Waals surface area (Å²) < 4.78 is 11.2. The van der Waals surface area contributed by atoms with E-state index in [0.29, 0.717) is 6.42 Å². The van der Waals surface area contributed by atoms with E-state index in [2.05, 4.69) is 27.3 Å². The summed E-state index contributed by atoms with van der Waals surface area (Å²) in [5.74, 6) is -0.386. The molecule has 0 spiro atoms. The van der Waals surface area contributed by atoms with Gasteiger partial charge in [0.25, 0.3) is 0 Å². The number of ether oxygens (including phenoxy) is 2. The Bertz CT molecular complexity index is 273. The zero-order chi connectivity index (χ0) is 12.6. The van der Waals surface area contributed by atoms with E-state index in [1.54, 1.807) is 0 Å². The Hall–Kier alpha value is -0.560. The van der Waals surface area contributed by atoms with Crippen molar-refractivity contribution >= 4 is 28.6 Å². The quantitative estimate of drug-likeness (QED) is 0.348. The zero-order valence-corrected chi connectivity index (χ0v) is 11.8. The van der Waals surface area contributed by atoms with E-state index in [-0.39, 0.29) is 11.7 Å². The SMILES string of the molecule is COC(=O)/C(=C\C[C@H](O)[C@@H](C)/C=C\I)OC. The molecular weight excluding hydrogens is 323 g/mol. The third-order valence-electron chi connectivity index (χ3n) is 2.13. The van der Waals surface area contributed by atoms with Gasteiger partial charge in [0, 0.05) is 5.92 Å². The fraction of sp³-hybridized carbons (Fsp3) is 0.545. The predicted molar refractivity (Wildman–Crippen MR) is 70.1 cm³/mol. The average molecular weight is 340 g/mol. The lowest BCUT2D eigenvalue weighted by molar-refractivity contribution is -0.139. The molecule has 0 amide bonds. The van der Waals surface area contributed by atoms with E-state index >= 15 is 0 Å². The lowest BCUT2D eigenvalue weighted by Crippen LogP contribution is -2.15. The van der Waals surface area contributed by atoms with Crippen LogP contribution in [0.3, 0.4) is 0 Å². The number of carbonyl (C=O) groups excluding carboxylic acids is 1. The van der Waals surface area contributed by atoms with Crippen LogP contribution in [0.4, 0.5) is 0 Å². The molecule has 0 aliphatic heterocycles. The van der Waals surface area contributed by atoms with Crippen molar-refractivity contribution in [2.24, 2.45) is 5.92 Å². The highest BCUT2D eigenvalue weighted by molar-refractivity contribution is 14.1. The van der Waals surface area contributed by atoms with E-state index in [1.807, 2.05) is 17.1 Å². The molecule has 0 bridgehead atoms. The molecule has 0 fully saturated rings. The number of hydrogen-bond acceptors (Lipinski definition) is 4. The lowest BCUT2D eigenvalue weighted by atomic mass is 10.0. The van der Waals surface area contributed by atoms with Gasteiger partial charge in [-0.2, -0.15) is 0 Å². The summed E-state index contributed by atoms with van der Waals surface area (Å²) in [7, 11) is 2.68. The number of aliphatic hydroxyl groups excluding tert-OH is 1. The minimum atomic E-state index is -0.541. The fourth-order valence-corrected chi connectivity index (χ4v) is 1.69. The molecule has 16 heavy (non-hydrogen) atoms. The van der Waals surface area contributed by atoms with Gasteiger partial charge in [-0.1, -0.05) is 35.6 Å². The van der Waals surface area contributed by atoms with Gasteiger partial charge in [-0.25, -0.2) is 4.79 Å². The number of methoxy groups -OCH3 is 2. The van der Waals surface area contributed by atoms with Crippen LogP contribution in [0.1, 0.15) is 13.3 Å². The van der Waals surface area contributed by atoms with Crippen molar-refractivity contribution in [3.8, 4) is 0 Å². The molecule has 0 aromatic heterocycles. The highest BCUT2D eigenvalue weighted by Gasteiger charge is 2.13. The molecule has 0 unspecified atom stereocenters. The monoisotopic (exact) mass is 340 g/mol. The second-order valence-corrected chi connectivity index (χ2v) is 3.96. The Balaban J connectivity index is 4.37. The number of hydrogen-bond donors (Lipinski definition) is 1. The smallest absolute Gasteiger partial charge is 0.372 e. The molecule has 5 heteroatoms. The average Bonchev–Trinajstić information content (AvgIpc) is 2.29. The number of aliphatic hydroxyl groups is 1. The summed E-state index contributed by atoms with van der Waals surface area (Å²) in [6, 6.07) is 0. The van der Waals surface area contributed by atoms with Crippen molar-refractivity contribution in [3.63, 3.8) is 0 Å². The molecule has 0 aromatic carbocycles. The molecule has 0 rings (SSSR count). The molecule has 4 nitrogen and oxygen atoms in total. The van der Waals surface area contributed by atoms with Crippen LogP contribution in [0.15, 0.2) is 22.0 Å². The van der Waals surface area contributed by atoms with E-state index in [4.69, 9.17) is 4.74 Å². The first kappa shape index (κ1) is 15.4. The highest BCUT2D eigenvalue weighted by atomic mass is 127. The van der Waals surface area contributed by atoms with Crippen LogP contribution in [-0.4, -0.2) is 31.4 Å². The molecule has 1 N–H and O–H groups in total. The van der Waals surface area contributed by atoms with Crippen LogP contribution in [0.25, 0.3) is 0 Å². The van der Waals surface area contributed by atoms with Crippen LogP contribution in [0, 0.1) is 5.92 Å². The van der Waals surface area contributed by atoms with Crippen LogP contribution in [0.2, 0.25) is 0 Å². The van der Waals surface area contributed by atoms with Gasteiger partial charge in [0.2, 0.25) is 0 Å². The molecule has 0 aliphatic carbocycles. The van der Waals surface area contributed by atoms with Crippen LogP contribution in [-0.2, 0) is 14.3 Å². The summed E-state index contributed by atoms with van der Waals surface area (Å²) in [4.78, 5) is 11.1. The van der Waals surface area contributed by atoms with Crippen LogP contribution < -0.4 is 0 Å². The minimum Gasteiger partial charge on any atom is -0.490 e. The van der Waals surface area contributed by atoms with Gasteiger partial charge in [0.15, 0.2) is 5.76 Å². The zero-order valence-electron chi connectivity index (χ0n) is 9.64. The van der Waals surface area contributed by atoms with E-state index in [9.17, 15) is 9.90 Å². The van der Waals surface area contributed by atoms with Crippen LogP contribution in [0.5, 0.6) is 0 Å². The lowest BCUT2D eigenvalue weighted by Gasteiger charge is -2.13. The third-order valence-corrected chi connectivity index (χ3v) is 2.55. The summed E-state index contributed by atoms with van der Waals surface area (Å²) >= 11 is 2.10. The number of rotatable bonds is 6. The van der Waals surface area contributed by atoms with E-state index < -0.39 is 12.1 Å². The van der Waals surface area contributed by atoms with Gasteiger partial charge < -0.3 is 14.6 Å². The largest absolute Gasteiger partial charge is 0.490 e. The number of carbonyl (C=O) groups is 1. The molecule has 0 aromatic rings. The maximum atomic E-state index is 11.1. The van der Waals surface area contributed by atoms with Crippen LogP contribution >= 0.6 is 22.6 Å². The normalized spacial score (nSPS) is 15.9. The van der Waals surface area contributed by atoms with Crippen molar-refractivity contribution in [2.45, 2.75) is 19.4 Å². The second-order valence-electron chi connectivity index (χ2n) is 3.24. The Morgan fingerprint density at radius 2 is 2.06 bits per heavy atom. The molecule has 0 radical (unpaired) electrons. The summed E-state index contributed by atoms with van der Waals surface area (Å²) in [6.45, 7) is 1.90. The predicted octanol–water partition coefficient (Wildman–Crippen LogP) is 2.03. The van der Waals surface area contributed by atoms with Gasteiger partial charge >= 0.3 is 5.97 Å². The van der Waals surface area contributed by atoms with Gasteiger partial charge in [0.05, 0.1) is 20.3 Å². The molecule has 0 saturated carbocycles. The molecule has 0 saturated heterocycles. The van der Waals surface area contributed by atoms with Crippen molar-refractivity contribution in [3.05, 3.63) is 22.0 Å². The molecule has 2 atom stereocenters. The maximum absolute atomic E-state index is 11.1. The Morgan fingerprint density at radius 3 is 2.50 bits per heavy atom.